The lowest BCUT2D eigenvalue weighted by atomic mass is 10.1. The number of aromatic nitrogens is 5. The molecule has 0 unspecified atom stereocenters. The van der Waals surface area contributed by atoms with Crippen molar-refractivity contribution in [3.8, 4) is 22.6 Å². The van der Waals surface area contributed by atoms with Crippen molar-refractivity contribution in [2.24, 2.45) is 0 Å². The summed E-state index contributed by atoms with van der Waals surface area (Å²) < 4.78 is 29.5. The maximum absolute atomic E-state index is 12.6. The Kier molecular flexibility index (Phi) is 5.04. The third kappa shape index (κ3) is 3.79. The molecule has 0 aliphatic carbocycles. The lowest BCUT2D eigenvalue weighted by Crippen LogP contribution is -2.13. The molecular weight excluding hydrogens is 448 g/mol. The minimum absolute atomic E-state index is 0.0223. The van der Waals surface area contributed by atoms with Gasteiger partial charge in [-0.1, -0.05) is 35.9 Å². The van der Waals surface area contributed by atoms with Gasteiger partial charge >= 0.3 is 0 Å². The van der Waals surface area contributed by atoms with Crippen molar-refractivity contribution in [3.05, 3.63) is 90.2 Å². The van der Waals surface area contributed by atoms with Crippen LogP contribution in [0, 0.1) is 0 Å². The topological polar surface area (TPSA) is 102 Å². The highest BCUT2D eigenvalue weighted by Crippen LogP contribution is 2.26. The molecule has 2 aromatic carbocycles. The predicted molar refractivity (Wildman–Crippen MR) is 122 cm³/mol. The van der Waals surface area contributed by atoms with Crippen molar-refractivity contribution in [3.63, 3.8) is 0 Å². The molecule has 5 aromatic rings. The van der Waals surface area contributed by atoms with Gasteiger partial charge in [-0.3, -0.25) is 9.71 Å². The maximum Gasteiger partial charge on any atom is 0.263 e. The number of nitrogens with zero attached hydrogens (tertiary/aromatic N) is 5. The van der Waals surface area contributed by atoms with Gasteiger partial charge in [0.1, 0.15) is 4.90 Å². The minimum Gasteiger partial charge on any atom is -0.280 e. The number of rotatable bonds is 5. The van der Waals surface area contributed by atoms with Crippen LogP contribution in [0.4, 0.5) is 5.69 Å². The van der Waals surface area contributed by atoms with Gasteiger partial charge in [0.25, 0.3) is 10.0 Å². The number of anilines is 1. The Balaban J connectivity index is 1.45. The van der Waals surface area contributed by atoms with Crippen molar-refractivity contribution in [2.45, 2.75) is 4.90 Å². The quantitative estimate of drug-likeness (QED) is 0.417. The lowest BCUT2D eigenvalue weighted by molar-refractivity contribution is 0.601. The van der Waals surface area contributed by atoms with Gasteiger partial charge in [0, 0.05) is 29.2 Å². The number of hydrogen-bond acceptors (Lipinski definition) is 6. The lowest BCUT2D eigenvalue weighted by Gasteiger charge is -2.10. The Bertz CT molecular complexity index is 1520. The number of halogens is 1. The first-order chi connectivity index (χ1) is 15.5. The molecule has 3 aromatic heterocycles. The molecule has 0 aliphatic rings. The van der Waals surface area contributed by atoms with Crippen molar-refractivity contribution in [2.75, 3.05) is 4.72 Å². The van der Waals surface area contributed by atoms with Crippen LogP contribution in [0.15, 0.2) is 90.1 Å². The number of benzene rings is 2. The smallest absolute Gasteiger partial charge is 0.263 e. The van der Waals surface area contributed by atoms with E-state index in [1.54, 1.807) is 53.3 Å². The predicted octanol–water partition coefficient (Wildman–Crippen LogP) is 4.31. The minimum atomic E-state index is -3.80. The average molecular weight is 463 g/mol. The molecule has 0 radical (unpaired) electrons. The largest absolute Gasteiger partial charge is 0.280 e. The number of hydrogen-bond donors (Lipinski definition) is 1. The van der Waals surface area contributed by atoms with E-state index in [0.29, 0.717) is 22.9 Å². The summed E-state index contributed by atoms with van der Waals surface area (Å²) in [6.45, 7) is 0. The van der Waals surface area contributed by atoms with E-state index in [0.717, 1.165) is 11.1 Å². The first kappa shape index (κ1) is 20.1. The standard InChI is InChI=1S/C22H15ClN6O2S/c23-18-3-1-2-4-20(18)32(30,31)28-17-7-5-15(6-8-17)19-9-10-21-25-26-22(29(21)27-19)16-11-13-24-14-12-16/h1-14,28H. The van der Waals surface area contributed by atoms with Gasteiger partial charge in [0.2, 0.25) is 0 Å². The Morgan fingerprint density at radius 1 is 0.812 bits per heavy atom. The number of pyridine rings is 1. The third-order valence-corrected chi connectivity index (χ3v) is 6.64. The van der Waals surface area contributed by atoms with Gasteiger partial charge in [-0.05, 0) is 48.5 Å². The van der Waals surface area contributed by atoms with Gasteiger partial charge < -0.3 is 0 Å². The monoisotopic (exact) mass is 462 g/mol. The van der Waals surface area contributed by atoms with E-state index in [-0.39, 0.29) is 9.92 Å². The summed E-state index contributed by atoms with van der Waals surface area (Å²) in [4.78, 5) is 4.05. The zero-order chi connectivity index (χ0) is 22.1. The van der Waals surface area contributed by atoms with Crippen molar-refractivity contribution >= 4 is 33.0 Å². The first-order valence-corrected chi connectivity index (χ1v) is 11.4. The Labute approximate surface area is 188 Å². The Hall–Kier alpha value is -3.82. The van der Waals surface area contributed by atoms with Crippen LogP contribution < -0.4 is 4.72 Å². The molecule has 0 saturated heterocycles. The zero-order valence-corrected chi connectivity index (χ0v) is 18.0. The number of nitrogens with one attached hydrogen (secondary N) is 1. The first-order valence-electron chi connectivity index (χ1n) is 9.52. The SMILES string of the molecule is O=S(=O)(Nc1ccc(-c2ccc3nnc(-c4ccncc4)n3n2)cc1)c1ccccc1Cl. The van der Waals surface area contributed by atoms with E-state index in [2.05, 4.69) is 25.0 Å². The van der Waals surface area contributed by atoms with Gasteiger partial charge in [0.05, 0.1) is 10.7 Å². The fraction of sp³-hybridized carbons (Fsp3) is 0. The molecule has 0 amide bonds. The van der Waals surface area contributed by atoms with E-state index in [9.17, 15) is 8.42 Å². The van der Waals surface area contributed by atoms with E-state index in [4.69, 9.17) is 11.6 Å². The van der Waals surface area contributed by atoms with E-state index in [1.165, 1.54) is 12.1 Å². The van der Waals surface area contributed by atoms with Crippen molar-refractivity contribution in [1.29, 1.82) is 0 Å². The van der Waals surface area contributed by atoms with Gasteiger partial charge in [-0.15, -0.1) is 10.2 Å². The van der Waals surface area contributed by atoms with E-state index >= 15 is 0 Å². The van der Waals surface area contributed by atoms with Crippen LogP contribution in [0.2, 0.25) is 5.02 Å². The molecular formula is C22H15ClN6O2S. The highest BCUT2D eigenvalue weighted by Gasteiger charge is 2.17. The Morgan fingerprint density at radius 3 is 2.31 bits per heavy atom. The normalized spacial score (nSPS) is 11.5. The third-order valence-electron chi connectivity index (χ3n) is 4.76. The van der Waals surface area contributed by atoms with Gasteiger partial charge in [-0.25, -0.2) is 8.42 Å². The molecule has 158 valence electrons. The fourth-order valence-corrected chi connectivity index (χ4v) is 4.78. The summed E-state index contributed by atoms with van der Waals surface area (Å²) in [5.74, 6) is 0.605. The molecule has 0 spiro atoms. The molecule has 0 aliphatic heterocycles. The molecule has 8 nitrogen and oxygen atoms in total. The molecule has 0 bridgehead atoms. The summed E-state index contributed by atoms with van der Waals surface area (Å²) in [6.07, 6.45) is 3.37. The summed E-state index contributed by atoms with van der Waals surface area (Å²) >= 11 is 6.03. The van der Waals surface area contributed by atoms with Crippen LogP contribution in [0.1, 0.15) is 0 Å². The molecule has 32 heavy (non-hydrogen) atoms. The van der Waals surface area contributed by atoms with Crippen LogP contribution >= 0.6 is 11.6 Å². The van der Waals surface area contributed by atoms with Crippen molar-refractivity contribution in [1.82, 2.24) is 24.8 Å². The number of sulfonamides is 1. The molecule has 0 saturated carbocycles. The second-order valence-corrected chi connectivity index (χ2v) is 8.92. The molecule has 3 heterocycles. The van der Waals surface area contributed by atoms with Crippen molar-refractivity contribution < 1.29 is 8.42 Å². The van der Waals surface area contributed by atoms with Crippen LogP contribution in [0.3, 0.4) is 0 Å². The molecule has 0 atom stereocenters. The average Bonchev–Trinajstić information content (AvgIpc) is 3.23. The Morgan fingerprint density at radius 2 is 1.56 bits per heavy atom. The second-order valence-electron chi connectivity index (χ2n) is 6.86. The second kappa shape index (κ2) is 8.03. The zero-order valence-electron chi connectivity index (χ0n) is 16.4. The summed E-state index contributed by atoms with van der Waals surface area (Å²) in [6, 6.07) is 20.5. The molecule has 0 fully saturated rings. The van der Waals surface area contributed by atoms with Crippen LogP contribution in [-0.2, 0) is 10.0 Å². The van der Waals surface area contributed by atoms with E-state index < -0.39 is 10.0 Å². The summed E-state index contributed by atoms with van der Waals surface area (Å²) in [7, 11) is -3.80. The van der Waals surface area contributed by atoms with E-state index in [1.807, 2.05) is 24.3 Å². The highest BCUT2D eigenvalue weighted by molar-refractivity contribution is 7.92. The van der Waals surface area contributed by atoms with Crippen LogP contribution in [-0.4, -0.2) is 33.2 Å². The fourth-order valence-electron chi connectivity index (χ4n) is 3.21. The molecule has 5 rings (SSSR count). The highest BCUT2D eigenvalue weighted by atomic mass is 35.5. The van der Waals surface area contributed by atoms with Crippen LogP contribution in [0.25, 0.3) is 28.3 Å². The van der Waals surface area contributed by atoms with Gasteiger partial charge in [0.15, 0.2) is 11.5 Å². The molecule has 1 N–H and O–H groups in total. The summed E-state index contributed by atoms with van der Waals surface area (Å²) in [5.41, 5.74) is 3.37. The van der Waals surface area contributed by atoms with Gasteiger partial charge in [-0.2, -0.15) is 9.61 Å². The number of fused-ring (bicyclic) bond motifs is 1. The summed E-state index contributed by atoms with van der Waals surface area (Å²) in [5, 5.41) is 13.2. The van der Waals surface area contributed by atoms with Crippen LogP contribution in [0.5, 0.6) is 0 Å². The maximum atomic E-state index is 12.6. The molecule has 10 heteroatoms.